The van der Waals surface area contributed by atoms with Gasteiger partial charge in [-0.05, 0) is 12.8 Å². The zero-order chi connectivity index (χ0) is 13.4. The molecule has 0 aliphatic carbocycles. The molecule has 1 heterocycles. The fourth-order valence-electron chi connectivity index (χ4n) is 1.23. The number of ether oxygens (including phenoxy) is 1. The third-order valence-corrected chi connectivity index (χ3v) is 3.05. The molecule has 0 aliphatic rings. The molecule has 6 nitrogen and oxygen atoms in total. The van der Waals surface area contributed by atoms with Crippen LogP contribution in [-0.4, -0.2) is 41.7 Å². The summed E-state index contributed by atoms with van der Waals surface area (Å²) in [5.74, 6) is -1.22. The molecule has 1 amide bonds. The monoisotopic (exact) mass is 272 g/mol. The van der Waals surface area contributed by atoms with Crippen LogP contribution in [0.3, 0.4) is 0 Å². The van der Waals surface area contributed by atoms with Crippen molar-refractivity contribution < 1.29 is 19.4 Å². The average Bonchev–Trinajstić information content (AvgIpc) is 2.77. The predicted octanol–water partition coefficient (Wildman–Crippen LogP) is 0.927. The minimum absolute atomic E-state index is 0.179. The summed E-state index contributed by atoms with van der Waals surface area (Å²) in [6.07, 6.45) is 3.43. The summed E-state index contributed by atoms with van der Waals surface area (Å²) in [4.78, 5) is 26.5. The van der Waals surface area contributed by atoms with Crippen molar-refractivity contribution in [3.8, 4) is 0 Å². The van der Waals surface area contributed by atoms with Gasteiger partial charge in [0, 0.05) is 6.54 Å². The maximum absolute atomic E-state index is 11.6. The van der Waals surface area contributed by atoms with Crippen LogP contribution in [0.15, 0.2) is 6.20 Å². The van der Waals surface area contributed by atoms with E-state index in [4.69, 9.17) is 9.84 Å². The number of amides is 1. The highest BCUT2D eigenvalue weighted by molar-refractivity contribution is 7.13. The molecule has 0 aliphatic heterocycles. The largest absolute Gasteiger partial charge is 0.480 e. The van der Waals surface area contributed by atoms with Gasteiger partial charge in [-0.3, -0.25) is 4.79 Å². The number of nitrogens with zero attached hydrogens (tertiary/aromatic N) is 1. The minimum Gasteiger partial charge on any atom is -0.480 e. The number of hydrogen-bond donors (Lipinski definition) is 2. The number of aliphatic carboxylic acids is 1. The molecular formula is C11H16N2O4S. The van der Waals surface area contributed by atoms with Gasteiger partial charge in [-0.25, -0.2) is 9.78 Å². The smallest absolute Gasteiger partial charge is 0.329 e. The topological polar surface area (TPSA) is 88.5 Å². The zero-order valence-electron chi connectivity index (χ0n) is 10.1. The molecule has 0 unspecified atom stereocenters. The first-order chi connectivity index (χ1) is 8.63. The van der Waals surface area contributed by atoms with Crippen LogP contribution in [0.2, 0.25) is 0 Å². The van der Waals surface area contributed by atoms with Gasteiger partial charge in [-0.2, -0.15) is 0 Å². The normalized spacial score (nSPS) is 10.3. The second-order valence-electron chi connectivity index (χ2n) is 3.57. The van der Waals surface area contributed by atoms with Crippen molar-refractivity contribution in [2.45, 2.75) is 19.8 Å². The van der Waals surface area contributed by atoms with Crippen molar-refractivity contribution >= 4 is 23.2 Å². The Labute approximate surface area is 109 Å². The average molecular weight is 272 g/mol. The van der Waals surface area contributed by atoms with Crippen molar-refractivity contribution in [3.63, 3.8) is 0 Å². The lowest BCUT2D eigenvalue weighted by Crippen LogP contribution is -2.27. The van der Waals surface area contributed by atoms with Crippen molar-refractivity contribution in [1.82, 2.24) is 10.3 Å². The second-order valence-corrected chi connectivity index (χ2v) is 4.69. The molecule has 0 aromatic carbocycles. The lowest BCUT2D eigenvalue weighted by atomic mass is 10.4. The quantitative estimate of drug-likeness (QED) is 0.687. The highest BCUT2D eigenvalue weighted by atomic mass is 32.1. The number of nitrogens with one attached hydrogen (secondary N) is 1. The van der Waals surface area contributed by atoms with Gasteiger partial charge in [-0.1, -0.05) is 6.92 Å². The van der Waals surface area contributed by atoms with Crippen LogP contribution in [0.25, 0.3) is 0 Å². The maximum atomic E-state index is 11.6. The molecule has 0 saturated carbocycles. The van der Waals surface area contributed by atoms with Gasteiger partial charge in [0.1, 0.15) is 11.5 Å². The van der Waals surface area contributed by atoms with Gasteiger partial charge < -0.3 is 15.2 Å². The maximum Gasteiger partial charge on any atom is 0.329 e. The minimum atomic E-state index is -1.02. The number of carboxylic acid groups (broad SMARTS) is 1. The van der Waals surface area contributed by atoms with Gasteiger partial charge >= 0.3 is 5.97 Å². The number of thiazole rings is 1. The summed E-state index contributed by atoms with van der Waals surface area (Å²) < 4.78 is 4.80. The first kappa shape index (κ1) is 14.6. The fraction of sp³-hybridized carbons (Fsp3) is 0.545. The SMILES string of the molecule is CCCc1ncc(C(=O)NCCOCC(=O)O)s1. The first-order valence-corrected chi connectivity index (χ1v) is 6.47. The molecule has 18 heavy (non-hydrogen) atoms. The van der Waals surface area contributed by atoms with E-state index in [0.717, 1.165) is 17.8 Å². The molecule has 0 bridgehead atoms. The molecular weight excluding hydrogens is 256 g/mol. The molecule has 2 N–H and O–H groups in total. The molecule has 0 radical (unpaired) electrons. The van der Waals surface area contributed by atoms with E-state index in [-0.39, 0.29) is 25.7 Å². The Hall–Kier alpha value is -1.47. The van der Waals surface area contributed by atoms with E-state index in [1.54, 1.807) is 6.20 Å². The summed E-state index contributed by atoms with van der Waals surface area (Å²) in [5.41, 5.74) is 0. The Bertz CT molecular complexity index is 406. The van der Waals surface area contributed by atoms with Crippen LogP contribution >= 0.6 is 11.3 Å². The molecule has 7 heteroatoms. The van der Waals surface area contributed by atoms with Crippen LogP contribution in [0.5, 0.6) is 0 Å². The Morgan fingerprint density at radius 2 is 2.33 bits per heavy atom. The van der Waals surface area contributed by atoms with E-state index in [1.165, 1.54) is 11.3 Å². The van der Waals surface area contributed by atoms with Crippen LogP contribution in [0, 0.1) is 0 Å². The molecule has 0 saturated heterocycles. The summed E-state index contributed by atoms with van der Waals surface area (Å²) in [6.45, 7) is 2.17. The lowest BCUT2D eigenvalue weighted by Gasteiger charge is -2.02. The lowest BCUT2D eigenvalue weighted by molar-refractivity contribution is -0.142. The number of rotatable bonds is 8. The predicted molar refractivity (Wildman–Crippen MR) is 66.9 cm³/mol. The third kappa shape index (κ3) is 5.24. The number of aromatic nitrogens is 1. The Kier molecular flexibility index (Phi) is 6.31. The van der Waals surface area contributed by atoms with Crippen LogP contribution in [0.1, 0.15) is 28.0 Å². The molecule has 0 atom stereocenters. The number of aryl methyl sites for hydroxylation is 1. The van der Waals surface area contributed by atoms with Crippen molar-refractivity contribution in [3.05, 3.63) is 16.1 Å². The van der Waals surface area contributed by atoms with E-state index in [9.17, 15) is 9.59 Å². The molecule has 1 aromatic rings. The van der Waals surface area contributed by atoms with Gasteiger partial charge in [-0.15, -0.1) is 11.3 Å². The van der Waals surface area contributed by atoms with E-state index in [2.05, 4.69) is 17.2 Å². The zero-order valence-corrected chi connectivity index (χ0v) is 11.0. The summed E-state index contributed by atoms with van der Waals surface area (Å²) >= 11 is 1.38. The van der Waals surface area contributed by atoms with E-state index in [1.807, 2.05) is 0 Å². The molecule has 0 spiro atoms. The summed E-state index contributed by atoms with van der Waals surface area (Å²) in [7, 11) is 0. The highest BCUT2D eigenvalue weighted by Gasteiger charge is 2.09. The van der Waals surface area contributed by atoms with Crippen molar-refractivity contribution in [1.29, 1.82) is 0 Å². The Morgan fingerprint density at radius 3 is 3.00 bits per heavy atom. The second kappa shape index (κ2) is 7.78. The summed E-state index contributed by atoms with van der Waals surface area (Å²) in [5, 5.41) is 11.9. The van der Waals surface area contributed by atoms with E-state index >= 15 is 0 Å². The van der Waals surface area contributed by atoms with E-state index in [0.29, 0.717) is 4.88 Å². The van der Waals surface area contributed by atoms with Crippen LogP contribution < -0.4 is 5.32 Å². The fourth-order valence-corrected chi connectivity index (χ4v) is 2.16. The number of carbonyl (C=O) groups excluding carboxylic acids is 1. The summed E-state index contributed by atoms with van der Waals surface area (Å²) in [6, 6.07) is 0. The Balaban J connectivity index is 2.25. The van der Waals surface area contributed by atoms with Gasteiger partial charge in [0.25, 0.3) is 5.91 Å². The van der Waals surface area contributed by atoms with Crippen molar-refractivity contribution in [2.75, 3.05) is 19.8 Å². The van der Waals surface area contributed by atoms with Gasteiger partial charge in [0.15, 0.2) is 0 Å². The first-order valence-electron chi connectivity index (χ1n) is 5.66. The number of carboxylic acids is 1. The molecule has 0 fully saturated rings. The third-order valence-electron chi connectivity index (χ3n) is 2.00. The van der Waals surface area contributed by atoms with Crippen molar-refractivity contribution in [2.24, 2.45) is 0 Å². The molecule has 1 rings (SSSR count). The molecule has 1 aromatic heterocycles. The highest BCUT2D eigenvalue weighted by Crippen LogP contribution is 2.14. The number of hydrogen-bond acceptors (Lipinski definition) is 5. The molecule has 100 valence electrons. The van der Waals surface area contributed by atoms with Gasteiger partial charge in [0.2, 0.25) is 0 Å². The Morgan fingerprint density at radius 1 is 1.56 bits per heavy atom. The van der Waals surface area contributed by atoms with Crippen LogP contribution in [0.4, 0.5) is 0 Å². The van der Waals surface area contributed by atoms with E-state index < -0.39 is 5.97 Å². The number of carbonyl (C=O) groups is 2. The van der Waals surface area contributed by atoms with Gasteiger partial charge in [0.05, 0.1) is 17.8 Å². The van der Waals surface area contributed by atoms with Crippen LogP contribution in [-0.2, 0) is 16.0 Å². The standard InChI is InChI=1S/C11H16N2O4S/c1-2-3-9-13-6-8(18-9)11(16)12-4-5-17-7-10(14)15/h6H,2-5,7H2,1H3,(H,12,16)(H,14,15).